The van der Waals surface area contributed by atoms with Gasteiger partial charge in [-0.15, -0.1) is 0 Å². The first kappa shape index (κ1) is 12.1. The molecule has 0 fully saturated rings. The molecule has 0 atom stereocenters. The Balaban J connectivity index is 2.34. The van der Waals surface area contributed by atoms with Gasteiger partial charge < -0.3 is 5.32 Å². The summed E-state index contributed by atoms with van der Waals surface area (Å²) in [5.41, 5.74) is 2.67. The van der Waals surface area contributed by atoms with Gasteiger partial charge in [-0.25, -0.2) is 4.98 Å². The van der Waals surface area contributed by atoms with Gasteiger partial charge in [0.05, 0.1) is 17.6 Å². The first-order valence-corrected chi connectivity index (χ1v) is 5.71. The van der Waals surface area contributed by atoms with Crippen molar-refractivity contribution >= 4 is 34.7 Å². The number of anilines is 2. The summed E-state index contributed by atoms with van der Waals surface area (Å²) >= 11 is 11.7. The van der Waals surface area contributed by atoms with Crippen LogP contribution in [0.25, 0.3) is 0 Å². The number of nitrogens with zero attached hydrogens (tertiary/aromatic N) is 3. The van der Waals surface area contributed by atoms with Crippen molar-refractivity contribution in [1.82, 2.24) is 15.0 Å². The molecule has 2 aromatic heterocycles. The van der Waals surface area contributed by atoms with Crippen molar-refractivity contribution in [3.63, 3.8) is 0 Å². The Morgan fingerprint density at radius 2 is 1.88 bits per heavy atom. The summed E-state index contributed by atoms with van der Waals surface area (Å²) in [6.07, 6.45) is 1.45. The molecule has 0 aliphatic rings. The van der Waals surface area contributed by atoms with Crippen LogP contribution in [0.5, 0.6) is 0 Å². The molecule has 2 aromatic rings. The largest absolute Gasteiger partial charge is 0.337 e. The first-order chi connectivity index (χ1) is 8.06. The van der Waals surface area contributed by atoms with E-state index in [1.54, 1.807) is 0 Å². The number of aromatic nitrogens is 3. The van der Waals surface area contributed by atoms with E-state index in [0.717, 1.165) is 17.1 Å². The van der Waals surface area contributed by atoms with Crippen molar-refractivity contribution in [2.45, 2.75) is 13.8 Å². The second-order valence-corrected chi connectivity index (χ2v) is 4.29. The summed E-state index contributed by atoms with van der Waals surface area (Å²) in [5, 5.41) is 3.64. The SMILES string of the molecule is Cc1ccc(Nc2nc(Cl)ncc2Cl)c(C)n1. The van der Waals surface area contributed by atoms with Gasteiger partial charge in [-0.05, 0) is 37.6 Å². The van der Waals surface area contributed by atoms with Crippen LogP contribution >= 0.6 is 23.2 Å². The fourth-order valence-electron chi connectivity index (χ4n) is 1.38. The minimum absolute atomic E-state index is 0.148. The van der Waals surface area contributed by atoms with Crippen molar-refractivity contribution in [3.8, 4) is 0 Å². The molecule has 0 saturated heterocycles. The van der Waals surface area contributed by atoms with Crippen LogP contribution in [0, 0.1) is 13.8 Å². The third kappa shape index (κ3) is 2.84. The number of nitrogens with one attached hydrogen (secondary N) is 1. The third-order valence-corrected chi connectivity index (χ3v) is 2.65. The van der Waals surface area contributed by atoms with Gasteiger partial charge in [0.15, 0.2) is 5.82 Å². The van der Waals surface area contributed by atoms with Crippen LogP contribution in [0.4, 0.5) is 11.5 Å². The highest BCUT2D eigenvalue weighted by Crippen LogP contribution is 2.24. The van der Waals surface area contributed by atoms with E-state index in [4.69, 9.17) is 23.2 Å². The number of aryl methyl sites for hydroxylation is 2. The van der Waals surface area contributed by atoms with Crippen LogP contribution in [0.1, 0.15) is 11.4 Å². The number of rotatable bonds is 2. The van der Waals surface area contributed by atoms with Crippen LogP contribution in [0.2, 0.25) is 10.3 Å². The van der Waals surface area contributed by atoms with Gasteiger partial charge >= 0.3 is 0 Å². The van der Waals surface area contributed by atoms with Crippen molar-refractivity contribution in [3.05, 3.63) is 40.0 Å². The lowest BCUT2D eigenvalue weighted by atomic mass is 10.3. The molecule has 0 aliphatic carbocycles. The zero-order valence-corrected chi connectivity index (χ0v) is 10.8. The van der Waals surface area contributed by atoms with Gasteiger partial charge in [0.25, 0.3) is 0 Å². The summed E-state index contributed by atoms with van der Waals surface area (Å²) in [5.74, 6) is 0.473. The predicted molar refractivity (Wildman–Crippen MR) is 69.0 cm³/mol. The maximum atomic E-state index is 5.96. The zero-order chi connectivity index (χ0) is 12.4. The molecule has 0 aromatic carbocycles. The predicted octanol–water partition coefficient (Wildman–Crippen LogP) is 3.54. The molecule has 2 heterocycles. The van der Waals surface area contributed by atoms with Crippen LogP contribution in [-0.2, 0) is 0 Å². The molecule has 17 heavy (non-hydrogen) atoms. The fourth-order valence-corrected chi connectivity index (χ4v) is 1.65. The third-order valence-electron chi connectivity index (χ3n) is 2.19. The molecule has 0 unspecified atom stereocenters. The average Bonchev–Trinajstić information content (AvgIpc) is 2.27. The molecule has 0 radical (unpaired) electrons. The summed E-state index contributed by atoms with van der Waals surface area (Å²) < 4.78 is 0. The highest BCUT2D eigenvalue weighted by Gasteiger charge is 2.06. The molecule has 0 aliphatic heterocycles. The topological polar surface area (TPSA) is 50.7 Å². The van der Waals surface area contributed by atoms with Crippen molar-refractivity contribution < 1.29 is 0 Å². The van der Waals surface area contributed by atoms with Crippen LogP contribution < -0.4 is 5.32 Å². The number of hydrogen-bond acceptors (Lipinski definition) is 4. The van der Waals surface area contributed by atoms with Crippen LogP contribution in [0.3, 0.4) is 0 Å². The van der Waals surface area contributed by atoms with Gasteiger partial charge in [0, 0.05) is 5.69 Å². The maximum absolute atomic E-state index is 5.96. The smallest absolute Gasteiger partial charge is 0.224 e. The average molecular weight is 269 g/mol. The molecular weight excluding hydrogens is 259 g/mol. The maximum Gasteiger partial charge on any atom is 0.224 e. The van der Waals surface area contributed by atoms with Gasteiger partial charge in [0.1, 0.15) is 5.02 Å². The van der Waals surface area contributed by atoms with E-state index in [9.17, 15) is 0 Å². The molecule has 4 nitrogen and oxygen atoms in total. The Kier molecular flexibility index (Phi) is 3.45. The van der Waals surface area contributed by atoms with Gasteiger partial charge in [-0.1, -0.05) is 11.6 Å². The molecule has 2 rings (SSSR count). The minimum Gasteiger partial charge on any atom is -0.337 e. The van der Waals surface area contributed by atoms with Crippen molar-refractivity contribution in [2.75, 3.05) is 5.32 Å². The Bertz CT molecular complexity index is 557. The second-order valence-electron chi connectivity index (χ2n) is 3.55. The highest BCUT2D eigenvalue weighted by molar-refractivity contribution is 6.33. The minimum atomic E-state index is 0.148. The van der Waals surface area contributed by atoms with E-state index < -0.39 is 0 Å². The van der Waals surface area contributed by atoms with Crippen molar-refractivity contribution in [1.29, 1.82) is 0 Å². The standard InChI is InChI=1S/C11H10Cl2N4/c1-6-3-4-9(7(2)15-6)16-10-8(12)5-14-11(13)17-10/h3-5H,1-2H3,(H,14,16,17). The zero-order valence-electron chi connectivity index (χ0n) is 9.33. The molecule has 0 spiro atoms. The summed E-state index contributed by atoms with van der Waals surface area (Å²) in [4.78, 5) is 12.1. The Morgan fingerprint density at radius 3 is 2.59 bits per heavy atom. The van der Waals surface area contributed by atoms with E-state index >= 15 is 0 Å². The highest BCUT2D eigenvalue weighted by atomic mass is 35.5. The van der Waals surface area contributed by atoms with Gasteiger partial charge in [0.2, 0.25) is 5.28 Å². The normalized spacial score (nSPS) is 10.4. The molecule has 0 saturated carbocycles. The van der Waals surface area contributed by atoms with Crippen LogP contribution in [0.15, 0.2) is 18.3 Å². The Morgan fingerprint density at radius 1 is 1.12 bits per heavy atom. The molecule has 88 valence electrons. The molecular formula is C11H10Cl2N4. The Labute approximate surface area is 109 Å². The van der Waals surface area contributed by atoms with E-state index in [1.807, 2.05) is 26.0 Å². The molecule has 6 heteroatoms. The quantitative estimate of drug-likeness (QED) is 0.847. The van der Waals surface area contributed by atoms with Gasteiger partial charge in [-0.2, -0.15) is 4.98 Å². The molecule has 0 amide bonds. The lowest BCUT2D eigenvalue weighted by Gasteiger charge is -2.09. The summed E-state index contributed by atoms with van der Waals surface area (Å²) in [6, 6.07) is 3.83. The van der Waals surface area contributed by atoms with Crippen molar-refractivity contribution in [2.24, 2.45) is 0 Å². The van der Waals surface area contributed by atoms with Gasteiger partial charge in [-0.3, -0.25) is 4.98 Å². The van der Waals surface area contributed by atoms with E-state index in [2.05, 4.69) is 20.3 Å². The van der Waals surface area contributed by atoms with E-state index in [0.29, 0.717) is 10.8 Å². The molecule has 0 bridgehead atoms. The van der Waals surface area contributed by atoms with E-state index in [-0.39, 0.29) is 5.28 Å². The number of pyridine rings is 1. The number of hydrogen-bond donors (Lipinski definition) is 1. The van der Waals surface area contributed by atoms with Crippen LogP contribution in [-0.4, -0.2) is 15.0 Å². The first-order valence-electron chi connectivity index (χ1n) is 4.95. The van der Waals surface area contributed by atoms with E-state index in [1.165, 1.54) is 6.20 Å². The molecule has 1 N–H and O–H groups in total. The lowest BCUT2D eigenvalue weighted by molar-refractivity contribution is 1.11. The lowest BCUT2D eigenvalue weighted by Crippen LogP contribution is -1.99. The Hall–Kier alpha value is -1.39. The summed E-state index contributed by atoms with van der Waals surface area (Å²) in [7, 11) is 0. The second kappa shape index (κ2) is 4.85. The number of halogens is 2. The summed E-state index contributed by atoms with van der Waals surface area (Å²) in [6.45, 7) is 3.84. The fraction of sp³-hybridized carbons (Fsp3) is 0.182. The monoisotopic (exact) mass is 268 g/mol.